The Morgan fingerprint density at radius 2 is 1.47 bits per heavy atom. The molecule has 7 aliphatic heterocycles. The summed E-state index contributed by atoms with van der Waals surface area (Å²) in [6.45, 7) is 25.7. The van der Waals surface area contributed by atoms with Gasteiger partial charge in [-0.15, -0.1) is 0 Å². The average molecular weight is 1920 g/mol. The lowest BCUT2D eigenvalue weighted by Crippen LogP contribution is -2.61. The number of aliphatic hydroxyl groups excluding tert-OH is 3. The van der Waals surface area contributed by atoms with Gasteiger partial charge in [0.15, 0.2) is 17.8 Å². The second-order valence-electron chi connectivity index (χ2n) is 39.1. The van der Waals surface area contributed by atoms with Gasteiger partial charge in [0.05, 0.1) is 72.6 Å². The van der Waals surface area contributed by atoms with E-state index in [0.717, 1.165) is 105 Å². The molecular weight excluding hydrogens is 1780 g/mol. The molecule has 5 fully saturated rings. The third-order valence-electron chi connectivity index (χ3n) is 28.9. The van der Waals surface area contributed by atoms with Gasteiger partial charge in [0.2, 0.25) is 17.7 Å². The Balaban J connectivity index is 0.000000247. The highest BCUT2D eigenvalue weighted by atomic mass is 16.6. The van der Waals surface area contributed by atoms with Crippen LogP contribution >= 0.6 is 0 Å². The standard InChI is InChI=1S/C65H101N7O14.C37H40N12O4/c1-40-17-13-12-14-18-41(2)54(81-9)35-49-22-20-46(7)65(80,86-49)61(77)62(78)72-25-16-15-19-51(72)63(79)85-55(43(4)33-47-21-23-52(73)56(34-47)82-10)36-53(74)42(3)32-45(6)59(76)60(83-11)58(44(5)31-40)68-84-39-57(75)71-26-24-50-48(38-71)37-66-64(67-50)70-29-27-69(8)28-30-70;1-23(50)7-14-52-15-13-46-9-11-47(12-10-46)37-40-18-28(19-41-37)35(51)48-8-6-25-16-24(2-3-27(25)21-48)20-49-34-31(33(38)42-22-43-34)32(45-49)26-4-5-30-29(17-26)44-36(39)53-30/h12-14,17-18,32,37,40,42-44,46-47,49,51-56,59-60,73-74,76,80H,15-16,19-31,33-36,38-39H2,1-11H3;2-5,16-19,22H,6-15,20-21H2,1H3,(H2,39,44)(H2,38,42,43)/b14-12+,17-13+,41-18+,45-32+,68-58?;/t40-,42-,43-,44-,46-,47+,49+,51+,52-,53-,54+,55+,56-,59-,60+,65-;/m1./s1. The van der Waals surface area contributed by atoms with Gasteiger partial charge in [-0.2, -0.15) is 10.1 Å². The number of fused-ring (bicyclic) bond motifs is 7. The number of piperidine rings is 1. The number of carbonyl (C=O) groups excluding carboxylic acids is 6. The molecule has 1 aliphatic carbocycles. The fourth-order valence-electron chi connectivity index (χ4n) is 20.3. The first-order valence-corrected chi connectivity index (χ1v) is 49.3. The van der Waals surface area contributed by atoms with Gasteiger partial charge < -0.3 is 99.0 Å². The first kappa shape index (κ1) is 104. The van der Waals surface area contributed by atoms with Gasteiger partial charge in [0.1, 0.15) is 53.5 Å². The van der Waals surface area contributed by atoms with E-state index < -0.39 is 84.1 Å². The van der Waals surface area contributed by atoms with Gasteiger partial charge >= 0.3 is 5.97 Å². The zero-order chi connectivity index (χ0) is 98.9. The van der Waals surface area contributed by atoms with Crippen LogP contribution in [0.25, 0.3) is 33.4 Å². The maximum Gasteiger partial charge on any atom is 0.329 e. The molecule has 2 aromatic carbocycles. The number of methoxy groups -OCH3 is 3. The number of ether oxygens (including phenoxy) is 6. The topological polar surface area (TPSA) is 456 Å². The summed E-state index contributed by atoms with van der Waals surface area (Å²) in [4.78, 5) is 133. The predicted molar refractivity (Wildman–Crippen MR) is 523 cm³/mol. The number of oxime groups is 1. The van der Waals surface area contributed by atoms with Crippen molar-refractivity contribution in [3.8, 4) is 11.3 Å². The number of hydrogen-bond donors (Lipinski definition) is 6. The zero-order valence-corrected chi connectivity index (χ0v) is 82.5. The van der Waals surface area contributed by atoms with Gasteiger partial charge in [-0.25, -0.2) is 39.4 Å². The maximum absolute atomic E-state index is 14.7. The second-order valence-corrected chi connectivity index (χ2v) is 39.1. The summed E-state index contributed by atoms with van der Waals surface area (Å²) in [5.74, 6) is -5.66. The number of benzene rings is 2. The lowest BCUT2D eigenvalue weighted by atomic mass is 9.78. The third-order valence-corrected chi connectivity index (χ3v) is 28.9. The fraction of sp³-hybridized carbons (Fsp3) is 0.598. The molecule has 0 spiro atoms. The summed E-state index contributed by atoms with van der Waals surface area (Å²) in [6.07, 6.45) is 19.1. The van der Waals surface area contributed by atoms with E-state index in [1.807, 2.05) is 86.0 Å². The Morgan fingerprint density at radius 1 is 0.719 bits per heavy atom. The first-order chi connectivity index (χ1) is 66.8. The number of amides is 3. The van der Waals surface area contributed by atoms with Crippen molar-refractivity contribution in [2.75, 3.05) is 148 Å². The molecule has 37 heteroatoms. The van der Waals surface area contributed by atoms with Gasteiger partial charge in [0.25, 0.3) is 29.5 Å². The highest BCUT2D eigenvalue weighted by molar-refractivity contribution is 6.39. The fourth-order valence-corrected chi connectivity index (χ4v) is 20.3. The summed E-state index contributed by atoms with van der Waals surface area (Å²) in [5, 5.41) is 57.4. The van der Waals surface area contributed by atoms with Crippen LogP contribution in [0.15, 0.2) is 118 Å². The summed E-state index contributed by atoms with van der Waals surface area (Å²) < 4.78 is 43.2. The number of allylic oxidation sites excluding steroid dienone is 5. The molecule has 15 rings (SSSR count). The molecule has 0 unspecified atom stereocenters. The molecule has 3 amide bonds. The van der Waals surface area contributed by atoms with Crippen molar-refractivity contribution in [1.82, 2.24) is 69.2 Å². The summed E-state index contributed by atoms with van der Waals surface area (Å²) in [5.41, 5.74) is 22.8. The van der Waals surface area contributed by atoms with Crippen molar-refractivity contribution >= 4 is 86.8 Å². The van der Waals surface area contributed by atoms with Crippen LogP contribution in [-0.2, 0) is 89.7 Å². The zero-order valence-electron chi connectivity index (χ0n) is 82.5. The first-order valence-electron chi connectivity index (χ1n) is 49.3. The number of anilines is 4. The molecule has 37 nitrogen and oxygen atoms in total. The molecule has 752 valence electrons. The van der Waals surface area contributed by atoms with Crippen LogP contribution in [0.4, 0.5) is 23.7 Å². The van der Waals surface area contributed by atoms with E-state index >= 15 is 0 Å². The third kappa shape index (κ3) is 26.1. The normalized spacial score (nSPS) is 28.5. The number of aliphatic hydroxyl groups is 4. The van der Waals surface area contributed by atoms with Crippen LogP contribution in [0, 0.1) is 35.5 Å². The molecule has 8 aliphatic rings. The molecule has 0 radical (unpaired) electrons. The number of hydrogen-bond acceptors (Lipinski definition) is 33. The van der Waals surface area contributed by atoms with Crippen LogP contribution in [0.5, 0.6) is 0 Å². The van der Waals surface area contributed by atoms with Crippen LogP contribution in [0.2, 0.25) is 0 Å². The maximum atomic E-state index is 14.7. The smallest absolute Gasteiger partial charge is 0.329 e. The number of oxazole rings is 1. The highest BCUT2D eigenvalue weighted by Gasteiger charge is 2.54. The Bertz CT molecular complexity index is 5560. The van der Waals surface area contributed by atoms with Gasteiger partial charge in [0, 0.05) is 186 Å². The minimum atomic E-state index is -2.44. The predicted octanol–water partition coefficient (Wildman–Crippen LogP) is 8.86. The number of ketones is 2. The summed E-state index contributed by atoms with van der Waals surface area (Å²) in [7, 11) is 6.76. The van der Waals surface area contributed by atoms with Crippen LogP contribution < -0.4 is 21.3 Å². The van der Waals surface area contributed by atoms with Crippen molar-refractivity contribution < 1.29 is 86.9 Å². The average Bonchev–Trinajstić information content (AvgIpc) is 1.65. The molecule has 8 N–H and O–H groups in total. The molecule has 1 saturated carbocycles. The van der Waals surface area contributed by atoms with E-state index in [-0.39, 0.29) is 79.4 Å². The Labute approximate surface area is 813 Å². The Morgan fingerprint density at radius 3 is 2.22 bits per heavy atom. The molecule has 12 heterocycles. The molecule has 139 heavy (non-hydrogen) atoms. The SMILES string of the molecule is CC(=O)CCOCCN1CCN(c2ncc(C(=O)N3CCc4cc(Cn5nc(-c6ccc7oc(N)nc7c6)c6c(N)ncnc65)ccc4C3)cn2)CC1.CO[C@H]1C[C@@H]2CC[C@@H](C)[C@@](O)(O2)C(=O)C(=O)N2CCCC[C@H]2C(=O)O[C@H]([C@H](C)C[C@@H]2CC[C@@H](O)[C@H](OC)C2)C[C@@H](O)[C@H](C)/C=C(\C)[C@@H](O)[C@@H](OC)C(=NOCC(=O)N2CCc3nc(N4CCN(C)CC4)ncc3C2)[C@H](C)C[C@H](C)/C=C/C=C/C=C/1C. The van der Waals surface area contributed by atoms with Crippen molar-refractivity contribution in [1.29, 1.82) is 0 Å². The quantitative estimate of drug-likeness (QED) is 0.0128. The number of rotatable bonds is 21. The van der Waals surface area contributed by atoms with Gasteiger partial charge in [-0.3, -0.25) is 28.9 Å². The Kier molecular flexibility index (Phi) is 35.9. The number of nitrogens with zero attached hydrogens (tertiary/aromatic N) is 17. The molecular formula is C102H141N19O18. The van der Waals surface area contributed by atoms with Gasteiger partial charge in [-0.05, 0) is 162 Å². The monoisotopic (exact) mass is 1920 g/mol. The number of cyclic esters (lactones) is 1. The van der Waals surface area contributed by atoms with Crippen molar-refractivity contribution in [2.45, 2.75) is 232 Å². The minimum Gasteiger partial charge on any atom is -0.460 e. The number of nitrogen functional groups attached to an aromatic ring is 2. The van der Waals surface area contributed by atoms with Crippen molar-refractivity contribution in [2.24, 2.45) is 40.7 Å². The van der Waals surface area contributed by atoms with Crippen LogP contribution in [-0.4, -0.2) is 318 Å². The van der Waals surface area contributed by atoms with E-state index in [0.29, 0.717) is 179 Å². The largest absolute Gasteiger partial charge is 0.460 e. The lowest BCUT2D eigenvalue weighted by Gasteiger charge is -2.43. The molecule has 7 aromatic rings. The molecule has 2 bridgehead atoms. The second kappa shape index (κ2) is 48.0. The number of esters is 1. The summed E-state index contributed by atoms with van der Waals surface area (Å²) in [6, 6.07) is 10.8. The number of likely N-dealkylation sites (N-methyl/N-ethyl adjacent to an activating group) is 1. The minimum absolute atomic E-state index is 0.00123. The number of nitrogens with two attached hydrogens (primary N) is 2. The number of piperazine rings is 2. The highest BCUT2D eigenvalue weighted by Crippen LogP contribution is 2.41. The summed E-state index contributed by atoms with van der Waals surface area (Å²) >= 11 is 0. The number of aromatic nitrogens is 9. The van der Waals surface area contributed by atoms with E-state index in [9.17, 15) is 49.2 Å². The van der Waals surface area contributed by atoms with Crippen LogP contribution in [0.3, 0.4) is 0 Å². The van der Waals surface area contributed by atoms with E-state index in [2.05, 4.69) is 92.9 Å². The number of Topliss-reactive ketones (excluding diaryl/α,β-unsaturated/α-hetero) is 2. The lowest BCUT2D eigenvalue weighted by molar-refractivity contribution is -0.265. The van der Waals surface area contributed by atoms with Crippen LogP contribution in [0.1, 0.15) is 177 Å². The van der Waals surface area contributed by atoms with Crippen molar-refractivity contribution in [3.63, 3.8) is 0 Å². The van der Waals surface area contributed by atoms with E-state index in [4.69, 9.17) is 59.2 Å². The van der Waals surface area contributed by atoms with E-state index in [1.165, 1.54) is 23.9 Å². The Hall–Kier alpha value is -11.0. The van der Waals surface area contributed by atoms with Crippen molar-refractivity contribution in [3.05, 3.63) is 142 Å². The molecule has 16 atom stereocenters. The number of carbonyl (C=O) groups is 6. The van der Waals surface area contributed by atoms with E-state index in [1.54, 1.807) is 58.4 Å². The van der Waals surface area contributed by atoms with Gasteiger partial charge in [-0.1, -0.05) is 94.4 Å². The molecule has 5 aromatic heterocycles. The molecule has 4 saturated heterocycles.